The summed E-state index contributed by atoms with van der Waals surface area (Å²) in [4.78, 5) is 15.8. The standard InChI is InChI=1S/C12H9BrF2N4O/c13-6-3-8(14)11(9(15)4-6)18-12(20)7-5-17-2-1-10(7)19-16/h1-5H,16H2,(H,17,19)(H,18,20). The number of benzene rings is 1. The van der Waals surface area contributed by atoms with Crippen LogP contribution in [0.1, 0.15) is 10.4 Å². The summed E-state index contributed by atoms with van der Waals surface area (Å²) in [5.74, 6) is 2.73. The molecule has 1 aromatic carbocycles. The fraction of sp³-hybridized carbons (Fsp3) is 0. The normalized spacial score (nSPS) is 10.2. The second-order valence-corrected chi connectivity index (χ2v) is 4.68. The van der Waals surface area contributed by atoms with E-state index in [9.17, 15) is 13.6 Å². The molecule has 0 unspecified atom stereocenters. The zero-order valence-electron chi connectivity index (χ0n) is 9.95. The second kappa shape index (κ2) is 5.93. The highest BCUT2D eigenvalue weighted by molar-refractivity contribution is 9.10. The third kappa shape index (κ3) is 2.91. The molecule has 8 heteroatoms. The van der Waals surface area contributed by atoms with E-state index in [1.54, 1.807) is 0 Å². The molecule has 1 heterocycles. The van der Waals surface area contributed by atoms with Gasteiger partial charge in [-0.05, 0) is 18.2 Å². The zero-order chi connectivity index (χ0) is 14.7. The molecule has 2 rings (SSSR count). The summed E-state index contributed by atoms with van der Waals surface area (Å²) in [5.41, 5.74) is 2.12. The molecule has 0 saturated heterocycles. The van der Waals surface area contributed by atoms with Crippen molar-refractivity contribution in [2.75, 3.05) is 10.7 Å². The second-order valence-electron chi connectivity index (χ2n) is 3.76. The molecular weight excluding hydrogens is 334 g/mol. The lowest BCUT2D eigenvalue weighted by Crippen LogP contribution is -2.18. The van der Waals surface area contributed by atoms with E-state index in [4.69, 9.17) is 5.84 Å². The molecule has 0 atom stereocenters. The van der Waals surface area contributed by atoms with Gasteiger partial charge in [0.2, 0.25) is 0 Å². The Morgan fingerprint density at radius 3 is 2.55 bits per heavy atom. The quantitative estimate of drug-likeness (QED) is 0.591. The van der Waals surface area contributed by atoms with Gasteiger partial charge >= 0.3 is 0 Å². The molecule has 1 aromatic heterocycles. The minimum atomic E-state index is -0.892. The number of aromatic nitrogens is 1. The third-order valence-electron chi connectivity index (χ3n) is 2.47. The number of halogens is 3. The average Bonchev–Trinajstić information content (AvgIpc) is 2.42. The van der Waals surface area contributed by atoms with Gasteiger partial charge in [0.15, 0.2) is 11.6 Å². The molecule has 4 N–H and O–H groups in total. The van der Waals surface area contributed by atoms with Gasteiger partial charge in [-0.25, -0.2) is 8.78 Å². The number of nitrogen functional groups attached to an aromatic ring is 1. The minimum absolute atomic E-state index is 0.0664. The summed E-state index contributed by atoms with van der Waals surface area (Å²) < 4.78 is 27.5. The first-order valence-electron chi connectivity index (χ1n) is 5.39. The number of nitrogens with one attached hydrogen (secondary N) is 2. The maximum atomic E-state index is 13.6. The fourth-order valence-corrected chi connectivity index (χ4v) is 1.95. The number of carbonyl (C=O) groups is 1. The summed E-state index contributed by atoms with van der Waals surface area (Å²) in [6.07, 6.45) is 2.66. The summed E-state index contributed by atoms with van der Waals surface area (Å²) in [7, 11) is 0. The summed E-state index contributed by atoms with van der Waals surface area (Å²) in [6, 6.07) is 3.55. The van der Waals surface area contributed by atoms with Gasteiger partial charge in [-0.2, -0.15) is 0 Å². The van der Waals surface area contributed by atoms with Crippen LogP contribution in [0.25, 0.3) is 0 Å². The maximum absolute atomic E-state index is 13.6. The smallest absolute Gasteiger partial charge is 0.259 e. The number of hydrogen-bond donors (Lipinski definition) is 3. The summed E-state index contributed by atoms with van der Waals surface area (Å²) in [5, 5.41) is 2.15. The van der Waals surface area contributed by atoms with E-state index in [-0.39, 0.29) is 15.7 Å². The van der Waals surface area contributed by atoms with Crippen LogP contribution >= 0.6 is 15.9 Å². The highest BCUT2D eigenvalue weighted by Gasteiger charge is 2.17. The van der Waals surface area contributed by atoms with Crippen molar-refractivity contribution < 1.29 is 13.6 Å². The topological polar surface area (TPSA) is 80.0 Å². The Kier molecular flexibility index (Phi) is 4.26. The number of nitrogens with zero attached hydrogens (tertiary/aromatic N) is 1. The number of anilines is 2. The number of nitrogens with two attached hydrogens (primary N) is 1. The lowest BCUT2D eigenvalue weighted by Gasteiger charge is -2.10. The van der Waals surface area contributed by atoms with Crippen molar-refractivity contribution >= 4 is 33.2 Å². The Balaban J connectivity index is 2.33. The van der Waals surface area contributed by atoms with Crippen molar-refractivity contribution in [2.24, 2.45) is 5.84 Å². The number of hydrogen-bond acceptors (Lipinski definition) is 4. The van der Waals surface area contributed by atoms with Crippen LogP contribution in [0.5, 0.6) is 0 Å². The number of pyridine rings is 1. The van der Waals surface area contributed by atoms with Gasteiger partial charge in [0.25, 0.3) is 5.91 Å². The minimum Gasteiger partial charge on any atom is -0.323 e. The fourth-order valence-electron chi connectivity index (χ4n) is 1.54. The first kappa shape index (κ1) is 14.4. The van der Waals surface area contributed by atoms with E-state index in [2.05, 4.69) is 31.7 Å². The molecule has 0 spiro atoms. The number of rotatable bonds is 3. The number of hydrazine groups is 1. The van der Waals surface area contributed by atoms with Crippen molar-refractivity contribution in [3.8, 4) is 0 Å². The molecule has 0 saturated carbocycles. The van der Waals surface area contributed by atoms with Crippen LogP contribution in [0.4, 0.5) is 20.2 Å². The van der Waals surface area contributed by atoms with Crippen LogP contribution in [0.15, 0.2) is 35.1 Å². The zero-order valence-corrected chi connectivity index (χ0v) is 11.5. The number of amides is 1. The molecule has 0 aliphatic rings. The van der Waals surface area contributed by atoms with Crippen molar-refractivity contribution in [1.29, 1.82) is 0 Å². The van der Waals surface area contributed by atoms with Crippen LogP contribution in [-0.4, -0.2) is 10.9 Å². The van der Waals surface area contributed by atoms with Gasteiger partial charge < -0.3 is 10.7 Å². The van der Waals surface area contributed by atoms with Gasteiger partial charge in [0.1, 0.15) is 5.69 Å². The Bertz CT molecular complexity index is 643. The van der Waals surface area contributed by atoms with E-state index < -0.39 is 23.2 Å². The molecule has 2 aromatic rings. The van der Waals surface area contributed by atoms with Crippen LogP contribution in [0, 0.1) is 11.6 Å². The van der Waals surface area contributed by atoms with Gasteiger partial charge in [-0.15, -0.1) is 0 Å². The van der Waals surface area contributed by atoms with Crippen LogP contribution in [0.3, 0.4) is 0 Å². The van der Waals surface area contributed by atoms with Gasteiger partial charge in [-0.3, -0.25) is 15.6 Å². The molecule has 20 heavy (non-hydrogen) atoms. The van der Waals surface area contributed by atoms with Crippen LogP contribution in [0.2, 0.25) is 0 Å². The van der Waals surface area contributed by atoms with Gasteiger partial charge in [-0.1, -0.05) is 15.9 Å². The van der Waals surface area contributed by atoms with Crippen molar-refractivity contribution in [3.05, 3.63) is 52.3 Å². The highest BCUT2D eigenvalue weighted by atomic mass is 79.9. The van der Waals surface area contributed by atoms with Crippen molar-refractivity contribution in [3.63, 3.8) is 0 Å². The monoisotopic (exact) mass is 342 g/mol. The molecule has 104 valence electrons. The summed E-state index contributed by atoms with van der Waals surface area (Å²) in [6.45, 7) is 0. The molecule has 0 fully saturated rings. The Hall–Kier alpha value is -2.06. The Labute approximate surface area is 121 Å². The predicted molar refractivity (Wildman–Crippen MR) is 74.1 cm³/mol. The molecule has 5 nitrogen and oxygen atoms in total. The van der Waals surface area contributed by atoms with Crippen molar-refractivity contribution in [1.82, 2.24) is 4.98 Å². The first-order valence-corrected chi connectivity index (χ1v) is 6.18. The van der Waals surface area contributed by atoms with E-state index in [0.29, 0.717) is 0 Å². The SMILES string of the molecule is NNc1ccncc1C(=O)Nc1c(F)cc(Br)cc1F. The lowest BCUT2D eigenvalue weighted by atomic mass is 10.2. The molecule has 0 aliphatic carbocycles. The molecule has 0 radical (unpaired) electrons. The Morgan fingerprint density at radius 2 is 1.95 bits per heavy atom. The maximum Gasteiger partial charge on any atom is 0.259 e. The first-order chi connectivity index (χ1) is 9.52. The average molecular weight is 343 g/mol. The lowest BCUT2D eigenvalue weighted by molar-refractivity contribution is 0.102. The van der Waals surface area contributed by atoms with E-state index in [1.807, 2.05) is 0 Å². The van der Waals surface area contributed by atoms with E-state index in [1.165, 1.54) is 18.5 Å². The Morgan fingerprint density at radius 1 is 1.30 bits per heavy atom. The van der Waals surface area contributed by atoms with Crippen LogP contribution < -0.4 is 16.6 Å². The van der Waals surface area contributed by atoms with E-state index in [0.717, 1.165) is 12.1 Å². The van der Waals surface area contributed by atoms with Gasteiger partial charge in [0, 0.05) is 16.9 Å². The van der Waals surface area contributed by atoms with Crippen LogP contribution in [-0.2, 0) is 0 Å². The summed E-state index contributed by atoms with van der Waals surface area (Å²) >= 11 is 2.95. The number of carbonyl (C=O) groups excluding carboxylic acids is 1. The molecule has 1 amide bonds. The van der Waals surface area contributed by atoms with Gasteiger partial charge in [0.05, 0.1) is 11.3 Å². The molecule has 0 bridgehead atoms. The third-order valence-corrected chi connectivity index (χ3v) is 2.92. The van der Waals surface area contributed by atoms with E-state index >= 15 is 0 Å². The molecule has 0 aliphatic heterocycles. The molecular formula is C12H9BrF2N4O. The van der Waals surface area contributed by atoms with Crippen molar-refractivity contribution in [2.45, 2.75) is 0 Å². The highest BCUT2D eigenvalue weighted by Crippen LogP contribution is 2.25. The largest absolute Gasteiger partial charge is 0.323 e. The predicted octanol–water partition coefficient (Wildman–Crippen LogP) is 2.66.